The highest BCUT2D eigenvalue weighted by atomic mass is 16.5. The molecular weight excluding hydrogens is 314 g/mol. The molecule has 2 heterocycles. The molecule has 126 valence electrons. The average molecular weight is 331 g/mol. The second-order valence-electron chi connectivity index (χ2n) is 5.65. The van der Waals surface area contributed by atoms with Crippen LogP contribution in [0.5, 0.6) is 0 Å². The molecule has 0 saturated carbocycles. The summed E-state index contributed by atoms with van der Waals surface area (Å²) in [6.45, 7) is 0.665. The maximum absolute atomic E-state index is 12.7. The van der Waals surface area contributed by atoms with Gasteiger partial charge in [-0.1, -0.05) is 12.1 Å². The first-order valence-electron chi connectivity index (χ1n) is 7.59. The molecule has 1 unspecified atom stereocenters. The minimum Gasteiger partial charge on any atom is -0.465 e. The van der Waals surface area contributed by atoms with Gasteiger partial charge >= 0.3 is 12.0 Å². The summed E-state index contributed by atoms with van der Waals surface area (Å²) in [4.78, 5) is 50.8. The van der Waals surface area contributed by atoms with Crippen molar-refractivity contribution in [1.29, 1.82) is 0 Å². The van der Waals surface area contributed by atoms with Gasteiger partial charge in [-0.3, -0.25) is 14.5 Å². The summed E-state index contributed by atoms with van der Waals surface area (Å²) < 4.78 is 4.70. The van der Waals surface area contributed by atoms with Gasteiger partial charge in [0, 0.05) is 13.1 Å². The number of amides is 4. The Hall–Kier alpha value is -2.90. The van der Waals surface area contributed by atoms with Gasteiger partial charge in [-0.25, -0.2) is 9.59 Å². The van der Waals surface area contributed by atoms with E-state index in [-0.39, 0.29) is 42.1 Å². The second kappa shape index (κ2) is 6.31. The van der Waals surface area contributed by atoms with Crippen molar-refractivity contribution in [3.05, 3.63) is 35.4 Å². The molecule has 0 bridgehead atoms. The third-order valence-electron chi connectivity index (χ3n) is 4.26. The summed E-state index contributed by atoms with van der Waals surface area (Å²) in [5, 5.41) is 2.48. The molecule has 2 fully saturated rings. The molecule has 4 amide bonds. The first-order valence-corrected chi connectivity index (χ1v) is 7.59. The van der Waals surface area contributed by atoms with Crippen molar-refractivity contribution < 1.29 is 23.9 Å². The van der Waals surface area contributed by atoms with Crippen molar-refractivity contribution in [3.63, 3.8) is 0 Å². The van der Waals surface area contributed by atoms with Crippen LogP contribution in [0.4, 0.5) is 4.79 Å². The van der Waals surface area contributed by atoms with Crippen LogP contribution < -0.4 is 5.32 Å². The van der Waals surface area contributed by atoms with E-state index in [9.17, 15) is 19.2 Å². The number of hydrogen-bond acceptors (Lipinski definition) is 5. The minimum atomic E-state index is -0.580. The Morgan fingerprint density at radius 2 is 1.92 bits per heavy atom. The van der Waals surface area contributed by atoms with Gasteiger partial charge in [0.05, 0.1) is 30.8 Å². The lowest BCUT2D eigenvalue weighted by Gasteiger charge is -2.22. The Morgan fingerprint density at radius 3 is 2.54 bits per heavy atom. The molecule has 8 heteroatoms. The summed E-state index contributed by atoms with van der Waals surface area (Å²) >= 11 is 0. The predicted octanol–water partition coefficient (Wildman–Crippen LogP) is 0.239. The molecule has 1 aromatic carbocycles. The van der Waals surface area contributed by atoms with Gasteiger partial charge in [0.2, 0.25) is 5.91 Å². The Labute approximate surface area is 138 Å². The number of imide groups is 1. The largest absolute Gasteiger partial charge is 0.465 e. The Morgan fingerprint density at radius 1 is 1.21 bits per heavy atom. The molecule has 2 saturated heterocycles. The highest BCUT2D eigenvalue weighted by Gasteiger charge is 2.40. The number of carbonyl (C=O) groups excluding carboxylic acids is 4. The smallest absolute Gasteiger partial charge is 0.338 e. The fourth-order valence-corrected chi connectivity index (χ4v) is 3.07. The Balaban J connectivity index is 1.77. The van der Waals surface area contributed by atoms with E-state index in [1.807, 2.05) is 0 Å². The average Bonchev–Trinajstić information content (AvgIpc) is 3.20. The number of benzene rings is 1. The molecule has 24 heavy (non-hydrogen) atoms. The highest BCUT2D eigenvalue weighted by molar-refractivity contribution is 6.06. The summed E-state index contributed by atoms with van der Waals surface area (Å²) in [7, 11) is 1.26. The normalized spacial score (nSPS) is 20.3. The lowest BCUT2D eigenvalue weighted by molar-refractivity contribution is -0.126. The summed E-state index contributed by atoms with van der Waals surface area (Å²) in [6, 6.07) is 5.66. The van der Waals surface area contributed by atoms with Gasteiger partial charge in [-0.15, -0.1) is 0 Å². The van der Waals surface area contributed by atoms with Gasteiger partial charge < -0.3 is 15.0 Å². The fraction of sp³-hybridized carbons (Fsp3) is 0.375. The number of hydrogen-bond donors (Lipinski definition) is 1. The number of likely N-dealkylation sites (tertiary alicyclic amines) is 1. The Kier molecular flexibility index (Phi) is 4.20. The van der Waals surface area contributed by atoms with Crippen molar-refractivity contribution >= 4 is 23.8 Å². The van der Waals surface area contributed by atoms with Crippen molar-refractivity contribution in [1.82, 2.24) is 15.1 Å². The number of methoxy groups -OCH3 is 1. The zero-order valence-electron chi connectivity index (χ0n) is 13.2. The van der Waals surface area contributed by atoms with Gasteiger partial charge in [-0.2, -0.15) is 0 Å². The van der Waals surface area contributed by atoms with E-state index in [0.29, 0.717) is 13.0 Å². The molecule has 0 radical (unpaired) electrons. The molecule has 3 rings (SSSR count). The third-order valence-corrected chi connectivity index (χ3v) is 4.26. The van der Waals surface area contributed by atoms with Crippen LogP contribution in [-0.4, -0.2) is 66.4 Å². The third kappa shape index (κ3) is 2.70. The van der Waals surface area contributed by atoms with Gasteiger partial charge in [0.25, 0.3) is 5.91 Å². The summed E-state index contributed by atoms with van der Waals surface area (Å²) in [5.41, 5.74) is 0.450. The lowest BCUT2D eigenvalue weighted by atomic mass is 10.1. The Bertz CT molecular complexity index is 701. The number of urea groups is 1. The van der Waals surface area contributed by atoms with Crippen LogP contribution >= 0.6 is 0 Å². The summed E-state index contributed by atoms with van der Waals surface area (Å²) in [5.74, 6) is -1.18. The van der Waals surface area contributed by atoms with Crippen LogP contribution in [0.25, 0.3) is 0 Å². The maximum atomic E-state index is 12.7. The predicted molar refractivity (Wildman–Crippen MR) is 82.3 cm³/mol. The van der Waals surface area contributed by atoms with Crippen LogP contribution in [0.2, 0.25) is 0 Å². The lowest BCUT2D eigenvalue weighted by Crippen LogP contribution is -2.43. The monoisotopic (exact) mass is 331 g/mol. The van der Waals surface area contributed by atoms with Crippen LogP contribution in [0, 0.1) is 0 Å². The molecule has 0 aliphatic carbocycles. The first-order chi connectivity index (χ1) is 11.5. The van der Waals surface area contributed by atoms with E-state index in [1.54, 1.807) is 23.1 Å². The maximum Gasteiger partial charge on any atom is 0.338 e. The number of esters is 1. The molecule has 1 aromatic rings. The SMILES string of the molecule is COC(=O)c1ccccc1C(=O)N1CCC(N2C(=O)CNC2=O)C1. The van der Waals surface area contributed by atoms with Gasteiger partial charge in [-0.05, 0) is 18.6 Å². The van der Waals surface area contributed by atoms with Crippen LogP contribution in [0.3, 0.4) is 0 Å². The summed E-state index contributed by atoms with van der Waals surface area (Å²) in [6.07, 6.45) is 0.519. The molecule has 0 aromatic heterocycles. The molecular formula is C16H17N3O5. The number of carbonyl (C=O) groups is 4. The quantitative estimate of drug-likeness (QED) is 0.632. The molecule has 8 nitrogen and oxygen atoms in total. The van der Waals surface area contributed by atoms with Crippen LogP contribution in [0.1, 0.15) is 27.1 Å². The van der Waals surface area contributed by atoms with Gasteiger partial charge in [0.1, 0.15) is 0 Å². The molecule has 0 spiro atoms. The van der Waals surface area contributed by atoms with Crippen molar-refractivity contribution in [2.45, 2.75) is 12.5 Å². The molecule has 1 N–H and O–H groups in total. The second-order valence-corrected chi connectivity index (χ2v) is 5.65. The van der Waals surface area contributed by atoms with Gasteiger partial charge in [0.15, 0.2) is 0 Å². The molecule has 2 aliphatic heterocycles. The van der Waals surface area contributed by atoms with Crippen LogP contribution in [-0.2, 0) is 9.53 Å². The number of nitrogens with zero attached hydrogens (tertiary/aromatic N) is 2. The van der Waals surface area contributed by atoms with E-state index in [2.05, 4.69) is 5.32 Å². The zero-order valence-corrected chi connectivity index (χ0v) is 13.2. The number of ether oxygens (including phenoxy) is 1. The fourth-order valence-electron chi connectivity index (χ4n) is 3.07. The van der Waals surface area contributed by atoms with E-state index < -0.39 is 12.0 Å². The topological polar surface area (TPSA) is 96.0 Å². The van der Waals surface area contributed by atoms with E-state index in [0.717, 1.165) is 0 Å². The van der Waals surface area contributed by atoms with E-state index >= 15 is 0 Å². The standard InChI is InChI=1S/C16H17N3O5/c1-24-15(22)12-5-3-2-4-11(12)14(21)18-7-6-10(9-18)19-13(20)8-17-16(19)23/h2-5,10H,6-9H2,1H3,(H,17,23). The number of rotatable bonds is 3. The minimum absolute atomic E-state index is 0.00550. The van der Waals surface area contributed by atoms with Crippen molar-refractivity contribution in [2.24, 2.45) is 0 Å². The van der Waals surface area contributed by atoms with Crippen molar-refractivity contribution in [2.75, 3.05) is 26.7 Å². The van der Waals surface area contributed by atoms with E-state index in [4.69, 9.17) is 4.74 Å². The number of nitrogens with one attached hydrogen (secondary N) is 1. The van der Waals surface area contributed by atoms with Crippen molar-refractivity contribution in [3.8, 4) is 0 Å². The molecule has 2 aliphatic rings. The molecule has 1 atom stereocenters. The van der Waals surface area contributed by atoms with Crippen LogP contribution in [0.15, 0.2) is 24.3 Å². The zero-order chi connectivity index (χ0) is 17.3. The highest BCUT2D eigenvalue weighted by Crippen LogP contribution is 2.21. The van der Waals surface area contributed by atoms with E-state index in [1.165, 1.54) is 18.1 Å². The first kappa shape index (κ1) is 16.0.